The smallest absolute Gasteiger partial charge is 0.324 e. The van der Waals surface area contributed by atoms with Crippen molar-refractivity contribution >= 4 is 11.9 Å². The third-order valence-corrected chi connectivity index (χ3v) is 1.36. The van der Waals surface area contributed by atoms with Crippen LogP contribution in [0.4, 0.5) is 4.79 Å². The van der Waals surface area contributed by atoms with Crippen LogP contribution in [0.15, 0.2) is 12.7 Å². The molecule has 5 heteroatoms. The van der Waals surface area contributed by atoms with Crippen molar-refractivity contribution in [2.75, 3.05) is 0 Å². The maximum Gasteiger partial charge on any atom is 0.324 e. The van der Waals surface area contributed by atoms with Crippen molar-refractivity contribution in [2.24, 2.45) is 0 Å². The van der Waals surface area contributed by atoms with E-state index in [-0.39, 0.29) is 6.42 Å². The molecular formula is C6H8N2O3. The summed E-state index contributed by atoms with van der Waals surface area (Å²) in [5.41, 5.74) is -1.79. The van der Waals surface area contributed by atoms with Crippen LogP contribution in [-0.4, -0.2) is 22.8 Å². The highest BCUT2D eigenvalue weighted by atomic mass is 16.3. The van der Waals surface area contributed by atoms with E-state index in [0.717, 1.165) is 0 Å². The van der Waals surface area contributed by atoms with E-state index in [0.29, 0.717) is 0 Å². The van der Waals surface area contributed by atoms with Gasteiger partial charge in [-0.15, -0.1) is 6.58 Å². The summed E-state index contributed by atoms with van der Waals surface area (Å²) in [6, 6.07) is -0.681. The van der Waals surface area contributed by atoms with E-state index in [1.807, 2.05) is 5.32 Å². The average Bonchev–Trinajstić information content (AvgIpc) is 2.08. The Morgan fingerprint density at radius 1 is 1.64 bits per heavy atom. The van der Waals surface area contributed by atoms with Gasteiger partial charge in [0.15, 0.2) is 0 Å². The minimum Gasteiger partial charge on any atom is -0.363 e. The molecule has 0 spiro atoms. The molecule has 0 radical (unpaired) electrons. The van der Waals surface area contributed by atoms with Gasteiger partial charge in [-0.2, -0.15) is 0 Å². The first kappa shape index (κ1) is 7.74. The number of rotatable bonds is 2. The molecule has 1 heterocycles. The number of carbonyl (C=O) groups excluding carboxylic acids is 2. The molecule has 1 unspecified atom stereocenters. The summed E-state index contributed by atoms with van der Waals surface area (Å²) in [5, 5.41) is 13.3. The summed E-state index contributed by atoms with van der Waals surface area (Å²) in [6.07, 6.45) is 1.36. The predicted octanol–water partition coefficient (Wildman–Crippen LogP) is -0.910. The molecule has 0 aliphatic carbocycles. The summed E-state index contributed by atoms with van der Waals surface area (Å²) in [5.74, 6) is -0.734. The van der Waals surface area contributed by atoms with Crippen molar-refractivity contribution in [3.63, 3.8) is 0 Å². The topological polar surface area (TPSA) is 78.4 Å². The fourth-order valence-electron chi connectivity index (χ4n) is 0.835. The molecule has 11 heavy (non-hydrogen) atoms. The second kappa shape index (κ2) is 2.35. The molecule has 0 aromatic carbocycles. The molecule has 3 N–H and O–H groups in total. The third kappa shape index (κ3) is 1.22. The standard InChI is InChI=1S/C6H8N2O3/c1-2-3-6(11)4(9)7-5(10)8-6/h2,11H,1,3H2,(H2,7,8,9,10). The molecular weight excluding hydrogens is 148 g/mol. The van der Waals surface area contributed by atoms with Crippen LogP contribution in [0.3, 0.4) is 0 Å². The number of hydrogen-bond acceptors (Lipinski definition) is 3. The van der Waals surface area contributed by atoms with Gasteiger partial charge in [-0.3, -0.25) is 10.1 Å². The Labute approximate surface area is 63.1 Å². The van der Waals surface area contributed by atoms with E-state index in [1.165, 1.54) is 6.08 Å². The molecule has 1 saturated heterocycles. The van der Waals surface area contributed by atoms with Gasteiger partial charge < -0.3 is 10.4 Å². The molecule has 1 atom stereocenters. The van der Waals surface area contributed by atoms with E-state index in [9.17, 15) is 14.7 Å². The Kier molecular flexibility index (Phi) is 1.66. The molecule has 0 saturated carbocycles. The fourth-order valence-corrected chi connectivity index (χ4v) is 0.835. The van der Waals surface area contributed by atoms with Gasteiger partial charge in [0, 0.05) is 6.42 Å². The number of carbonyl (C=O) groups is 2. The maximum absolute atomic E-state index is 10.8. The van der Waals surface area contributed by atoms with E-state index < -0.39 is 17.7 Å². The summed E-state index contributed by atoms with van der Waals surface area (Å²) in [4.78, 5) is 21.3. The molecule has 60 valence electrons. The van der Waals surface area contributed by atoms with Gasteiger partial charge in [-0.1, -0.05) is 6.08 Å². The summed E-state index contributed by atoms with van der Waals surface area (Å²) >= 11 is 0. The van der Waals surface area contributed by atoms with Crippen molar-refractivity contribution < 1.29 is 14.7 Å². The highest BCUT2D eigenvalue weighted by Gasteiger charge is 2.43. The molecule has 3 amide bonds. The van der Waals surface area contributed by atoms with Gasteiger partial charge in [0.2, 0.25) is 5.72 Å². The average molecular weight is 156 g/mol. The van der Waals surface area contributed by atoms with E-state index >= 15 is 0 Å². The summed E-state index contributed by atoms with van der Waals surface area (Å²) in [7, 11) is 0. The molecule has 0 bridgehead atoms. The van der Waals surface area contributed by atoms with Crippen LogP contribution >= 0.6 is 0 Å². The van der Waals surface area contributed by atoms with Crippen molar-refractivity contribution in [3.8, 4) is 0 Å². The van der Waals surface area contributed by atoms with Crippen LogP contribution in [-0.2, 0) is 4.79 Å². The quantitative estimate of drug-likeness (QED) is 0.358. The lowest BCUT2D eigenvalue weighted by atomic mass is 10.1. The number of urea groups is 1. The van der Waals surface area contributed by atoms with Crippen LogP contribution in [0.1, 0.15) is 6.42 Å². The molecule has 1 aliphatic rings. The fraction of sp³-hybridized carbons (Fsp3) is 0.333. The van der Waals surface area contributed by atoms with Crippen LogP contribution in [0.5, 0.6) is 0 Å². The molecule has 1 rings (SSSR count). The molecule has 1 aliphatic heterocycles. The zero-order valence-corrected chi connectivity index (χ0v) is 5.76. The minimum atomic E-state index is -1.79. The zero-order chi connectivity index (χ0) is 8.48. The Morgan fingerprint density at radius 3 is 2.64 bits per heavy atom. The van der Waals surface area contributed by atoms with Crippen molar-refractivity contribution in [3.05, 3.63) is 12.7 Å². The predicted molar refractivity (Wildman–Crippen MR) is 36.4 cm³/mol. The Morgan fingerprint density at radius 2 is 2.27 bits per heavy atom. The Hall–Kier alpha value is -1.36. The van der Waals surface area contributed by atoms with Crippen LogP contribution < -0.4 is 10.6 Å². The van der Waals surface area contributed by atoms with Crippen molar-refractivity contribution in [2.45, 2.75) is 12.1 Å². The number of hydrogen-bond donors (Lipinski definition) is 3. The van der Waals surface area contributed by atoms with Gasteiger partial charge >= 0.3 is 6.03 Å². The normalized spacial score (nSPS) is 29.5. The minimum absolute atomic E-state index is 0.00454. The van der Waals surface area contributed by atoms with Crippen molar-refractivity contribution in [1.29, 1.82) is 0 Å². The number of imide groups is 1. The second-order valence-corrected chi connectivity index (χ2v) is 2.26. The third-order valence-electron chi connectivity index (χ3n) is 1.36. The monoisotopic (exact) mass is 156 g/mol. The SMILES string of the molecule is C=CCC1(O)NC(=O)NC1=O. The number of nitrogens with one attached hydrogen (secondary N) is 2. The van der Waals surface area contributed by atoms with Gasteiger partial charge in [0.1, 0.15) is 0 Å². The van der Waals surface area contributed by atoms with Crippen LogP contribution in [0, 0.1) is 0 Å². The highest BCUT2D eigenvalue weighted by molar-refractivity contribution is 6.05. The Bertz CT molecular complexity index is 226. The number of amides is 3. The number of aliphatic hydroxyl groups is 1. The highest BCUT2D eigenvalue weighted by Crippen LogP contribution is 2.10. The molecule has 5 nitrogen and oxygen atoms in total. The lowest BCUT2D eigenvalue weighted by Gasteiger charge is -2.15. The molecule has 0 aromatic rings. The second-order valence-electron chi connectivity index (χ2n) is 2.26. The van der Waals surface area contributed by atoms with E-state index in [4.69, 9.17) is 0 Å². The largest absolute Gasteiger partial charge is 0.363 e. The first-order valence-corrected chi connectivity index (χ1v) is 3.05. The Balaban J connectivity index is 2.78. The summed E-state index contributed by atoms with van der Waals surface area (Å²) in [6.45, 7) is 3.34. The maximum atomic E-state index is 10.8. The first-order valence-electron chi connectivity index (χ1n) is 3.05. The van der Waals surface area contributed by atoms with Gasteiger partial charge in [0.05, 0.1) is 0 Å². The molecule has 0 aromatic heterocycles. The van der Waals surface area contributed by atoms with E-state index in [1.54, 1.807) is 0 Å². The van der Waals surface area contributed by atoms with E-state index in [2.05, 4.69) is 11.9 Å². The van der Waals surface area contributed by atoms with Gasteiger partial charge in [-0.25, -0.2) is 4.79 Å². The van der Waals surface area contributed by atoms with Gasteiger partial charge in [0.25, 0.3) is 5.91 Å². The van der Waals surface area contributed by atoms with Gasteiger partial charge in [-0.05, 0) is 0 Å². The first-order chi connectivity index (χ1) is 5.08. The summed E-state index contributed by atoms with van der Waals surface area (Å²) < 4.78 is 0. The van der Waals surface area contributed by atoms with Crippen LogP contribution in [0.25, 0.3) is 0 Å². The lowest BCUT2D eigenvalue weighted by Crippen LogP contribution is -2.46. The molecule has 1 fully saturated rings. The zero-order valence-electron chi connectivity index (χ0n) is 5.76. The van der Waals surface area contributed by atoms with Crippen molar-refractivity contribution in [1.82, 2.24) is 10.6 Å². The van der Waals surface area contributed by atoms with Crippen LogP contribution in [0.2, 0.25) is 0 Å². The lowest BCUT2D eigenvalue weighted by molar-refractivity contribution is -0.136.